The topological polar surface area (TPSA) is 63.5 Å². The number of morpholine rings is 1. The molecule has 0 aromatic carbocycles. The van der Waals surface area contributed by atoms with E-state index in [1.807, 2.05) is 25.3 Å². The lowest BCUT2D eigenvalue weighted by molar-refractivity contribution is 0.0806. The summed E-state index contributed by atoms with van der Waals surface area (Å²) in [6.45, 7) is 5.24. The van der Waals surface area contributed by atoms with E-state index in [4.69, 9.17) is 4.74 Å². The van der Waals surface area contributed by atoms with Gasteiger partial charge >= 0.3 is 0 Å². The molecule has 1 aliphatic rings. The first-order valence-corrected chi connectivity index (χ1v) is 6.20. The van der Waals surface area contributed by atoms with Crippen molar-refractivity contribution >= 4 is 11.6 Å². The van der Waals surface area contributed by atoms with E-state index in [1.54, 1.807) is 4.52 Å². The molecule has 2 N–H and O–H groups in total. The molecule has 0 spiro atoms. The van der Waals surface area contributed by atoms with Gasteiger partial charge < -0.3 is 15.4 Å². The number of anilines is 1. The van der Waals surface area contributed by atoms with Gasteiger partial charge in [0, 0.05) is 25.3 Å². The van der Waals surface area contributed by atoms with Crippen molar-refractivity contribution in [1.29, 1.82) is 0 Å². The number of fused-ring (bicyclic) bond motifs is 1. The number of ether oxygens (including phenoxy) is 1. The molecule has 3 rings (SSSR count). The molecule has 2 aromatic heterocycles. The number of hydrogen-bond donors (Lipinski definition) is 2. The van der Waals surface area contributed by atoms with Crippen LogP contribution in [0.2, 0.25) is 0 Å². The minimum atomic E-state index is 0.325. The van der Waals surface area contributed by atoms with Gasteiger partial charge in [0.1, 0.15) is 0 Å². The predicted octanol–water partition coefficient (Wildman–Crippen LogP) is 0.438. The summed E-state index contributed by atoms with van der Waals surface area (Å²) in [6, 6.07) is 4.33. The number of aryl methyl sites for hydroxylation is 1. The van der Waals surface area contributed by atoms with Crippen molar-refractivity contribution in [3.63, 3.8) is 0 Å². The average Bonchev–Trinajstić information content (AvgIpc) is 2.82. The van der Waals surface area contributed by atoms with Crippen molar-refractivity contribution in [2.45, 2.75) is 13.0 Å². The van der Waals surface area contributed by atoms with Gasteiger partial charge in [-0.25, -0.2) is 4.52 Å². The van der Waals surface area contributed by atoms with Gasteiger partial charge in [-0.2, -0.15) is 4.98 Å². The zero-order valence-corrected chi connectivity index (χ0v) is 10.4. The Kier molecular flexibility index (Phi) is 3.12. The third kappa shape index (κ3) is 2.30. The molecule has 1 atom stereocenters. The summed E-state index contributed by atoms with van der Waals surface area (Å²) in [6.07, 6.45) is 1.91. The van der Waals surface area contributed by atoms with Crippen molar-refractivity contribution in [3.8, 4) is 0 Å². The van der Waals surface area contributed by atoms with Crippen LogP contribution in [0.25, 0.3) is 5.65 Å². The van der Waals surface area contributed by atoms with Crippen molar-refractivity contribution < 1.29 is 4.74 Å². The number of hydrogen-bond acceptors (Lipinski definition) is 5. The zero-order chi connectivity index (χ0) is 12.4. The maximum atomic E-state index is 5.40. The molecule has 18 heavy (non-hydrogen) atoms. The summed E-state index contributed by atoms with van der Waals surface area (Å²) in [5, 5.41) is 11.0. The van der Waals surface area contributed by atoms with E-state index < -0.39 is 0 Å². The lowest BCUT2D eigenvalue weighted by atomic mass is 10.3. The third-order valence-electron chi connectivity index (χ3n) is 3.06. The highest BCUT2D eigenvalue weighted by Gasteiger charge is 2.13. The smallest absolute Gasteiger partial charge is 0.243 e. The molecule has 1 unspecified atom stereocenters. The number of nitrogens with zero attached hydrogens (tertiary/aromatic N) is 3. The SMILES string of the molecule is Cc1cccn2nc(NCC3COCCN3)nc12. The van der Waals surface area contributed by atoms with Crippen LogP contribution in [-0.4, -0.2) is 46.9 Å². The van der Waals surface area contributed by atoms with Crippen LogP contribution in [-0.2, 0) is 4.74 Å². The Bertz CT molecular complexity index is 532. The minimum absolute atomic E-state index is 0.325. The minimum Gasteiger partial charge on any atom is -0.378 e. The van der Waals surface area contributed by atoms with Gasteiger partial charge in [0.05, 0.1) is 13.2 Å². The molecule has 96 valence electrons. The predicted molar refractivity (Wildman–Crippen MR) is 68.8 cm³/mol. The number of pyridine rings is 1. The molecule has 6 nitrogen and oxygen atoms in total. The van der Waals surface area contributed by atoms with Crippen molar-refractivity contribution in [2.24, 2.45) is 0 Å². The zero-order valence-electron chi connectivity index (χ0n) is 10.4. The molecule has 3 heterocycles. The fourth-order valence-electron chi connectivity index (χ4n) is 2.08. The van der Waals surface area contributed by atoms with Crippen molar-refractivity contribution in [1.82, 2.24) is 19.9 Å². The quantitative estimate of drug-likeness (QED) is 0.824. The second-order valence-corrected chi connectivity index (χ2v) is 4.50. The first-order chi connectivity index (χ1) is 8.83. The molecule has 2 aromatic rings. The van der Waals surface area contributed by atoms with E-state index in [0.717, 1.165) is 37.5 Å². The van der Waals surface area contributed by atoms with Crippen molar-refractivity contribution in [3.05, 3.63) is 23.9 Å². The van der Waals surface area contributed by atoms with Gasteiger partial charge in [0.15, 0.2) is 5.65 Å². The molecular weight excluding hydrogens is 230 g/mol. The fourth-order valence-corrected chi connectivity index (χ4v) is 2.08. The molecule has 6 heteroatoms. The Hall–Kier alpha value is -1.66. The summed E-state index contributed by atoms with van der Waals surface area (Å²) in [7, 11) is 0. The highest BCUT2D eigenvalue weighted by atomic mass is 16.5. The monoisotopic (exact) mass is 247 g/mol. The van der Waals surface area contributed by atoms with Crippen LogP contribution in [0.4, 0.5) is 5.95 Å². The largest absolute Gasteiger partial charge is 0.378 e. The van der Waals surface area contributed by atoms with Crippen LogP contribution in [0.5, 0.6) is 0 Å². The van der Waals surface area contributed by atoms with Gasteiger partial charge in [-0.05, 0) is 18.6 Å². The van der Waals surface area contributed by atoms with E-state index in [0.29, 0.717) is 12.0 Å². The number of rotatable bonds is 3. The lowest BCUT2D eigenvalue weighted by Crippen LogP contribution is -2.45. The number of aromatic nitrogens is 3. The molecule has 1 fully saturated rings. The van der Waals surface area contributed by atoms with Gasteiger partial charge in [-0.1, -0.05) is 6.07 Å². The summed E-state index contributed by atoms with van der Waals surface area (Å²) in [4.78, 5) is 4.47. The van der Waals surface area contributed by atoms with E-state index in [2.05, 4.69) is 20.7 Å². The Morgan fingerprint density at radius 2 is 2.56 bits per heavy atom. The lowest BCUT2D eigenvalue weighted by Gasteiger charge is -2.23. The van der Waals surface area contributed by atoms with Gasteiger partial charge in [-0.15, -0.1) is 5.10 Å². The van der Waals surface area contributed by atoms with Crippen LogP contribution in [0.1, 0.15) is 5.56 Å². The van der Waals surface area contributed by atoms with Crippen LogP contribution in [0, 0.1) is 6.92 Å². The molecule has 0 amide bonds. The molecule has 0 bridgehead atoms. The molecule has 0 aliphatic carbocycles. The van der Waals surface area contributed by atoms with E-state index >= 15 is 0 Å². The maximum absolute atomic E-state index is 5.40. The number of nitrogens with one attached hydrogen (secondary N) is 2. The Morgan fingerprint density at radius 1 is 1.61 bits per heavy atom. The van der Waals surface area contributed by atoms with Crippen LogP contribution < -0.4 is 10.6 Å². The normalized spacial score (nSPS) is 20.2. The molecule has 0 radical (unpaired) electrons. The Morgan fingerprint density at radius 3 is 3.33 bits per heavy atom. The summed E-state index contributed by atoms with van der Waals surface area (Å²) in [5.74, 6) is 0.664. The summed E-state index contributed by atoms with van der Waals surface area (Å²) < 4.78 is 7.19. The first-order valence-electron chi connectivity index (χ1n) is 6.20. The van der Waals surface area contributed by atoms with Crippen molar-refractivity contribution in [2.75, 3.05) is 31.6 Å². The summed E-state index contributed by atoms with van der Waals surface area (Å²) >= 11 is 0. The van der Waals surface area contributed by atoms with Crippen LogP contribution in [0.15, 0.2) is 18.3 Å². The van der Waals surface area contributed by atoms with E-state index in [9.17, 15) is 0 Å². The standard InChI is InChI=1S/C12H17N5O/c1-9-3-2-5-17-11(9)15-12(16-17)14-7-10-8-18-6-4-13-10/h2-3,5,10,13H,4,6-8H2,1H3,(H,14,16). The second kappa shape index (κ2) is 4.91. The summed E-state index contributed by atoms with van der Waals surface area (Å²) in [5.41, 5.74) is 2.02. The average molecular weight is 247 g/mol. The van der Waals surface area contributed by atoms with Gasteiger partial charge in [0.25, 0.3) is 0 Å². The van der Waals surface area contributed by atoms with Gasteiger partial charge in [-0.3, -0.25) is 0 Å². The first kappa shape index (κ1) is 11.4. The molecule has 1 saturated heterocycles. The van der Waals surface area contributed by atoms with Crippen LogP contribution in [0.3, 0.4) is 0 Å². The highest BCUT2D eigenvalue weighted by Crippen LogP contribution is 2.09. The van der Waals surface area contributed by atoms with E-state index in [1.165, 1.54) is 0 Å². The maximum Gasteiger partial charge on any atom is 0.243 e. The third-order valence-corrected chi connectivity index (χ3v) is 3.06. The second-order valence-electron chi connectivity index (χ2n) is 4.50. The molecule has 1 aliphatic heterocycles. The Labute approximate surface area is 105 Å². The van der Waals surface area contributed by atoms with E-state index in [-0.39, 0.29) is 0 Å². The molecule has 0 saturated carbocycles. The Balaban J connectivity index is 1.69. The molecular formula is C12H17N5O. The highest BCUT2D eigenvalue weighted by molar-refractivity contribution is 5.49. The van der Waals surface area contributed by atoms with Crippen LogP contribution >= 0.6 is 0 Å². The fraction of sp³-hybridized carbons (Fsp3) is 0.500. The van der Waals surface area contributed by atoms with Gasteiger partial charge in [0.2, 0.25) is 5.95 Å².